The van der Waals surface area contributed by atoms with Gasteiger partial charge in [-0.1, -0.05) is 23.4 Å². The van der Waals surface area contributed by atoms with Gasteiger partial charge >= 0.3 is 0 Å². The van der Waals surface area contributed by atoms with Crippen LogP contribution in [-0.4, -0.2) is 59.9 Å². The fourth-order valence-corrected chi connectivity index (χ4v) is 3.15. The van der Waals surface area contributed by atoms with E-state index in [-0.39, 0.29) is 5.78 Å². The molecule has 0 aliphatic rings. The van der Waals surface area contributed by atoms with E-state index in [2.05, 4.69) is 5.16 Å². The van der Waals surface area contributed by atoms with E-state index in [1.165, 1.54) is 0 Å². The summed E-state index contributed by atoms with van der Waals surface area (Å²) >= 11 is 0. The number of ether oxygens (including phenoxy) is 1. The molecule has 3 aromatic rings. The van der Waals surface area contributed by atoms with Gasteiger partial charge in [0.15, 0.2) is 5.78 Å². The second-order valence-electron chi connectivity index (χ2n) is 6.40. The maximum absolute atomic E-state index is 13.0. The summed E-state index contributed by atoms with van der Waals surface area (Å²) in [5, 5.41) is 13.2. The molecular formula is C20H23N3O3. The lowest BCUT2D eigenvalue weighted by Crippen LogP contribution is -2.29. The number of nitrogens with zero attached hydrogens (tertiary/aromatic N) is 3. The summed E-state index contributed by atoms with van der Waals surface area (Å²) in [5.74, 6) is 0.0719. The first kappa shape index (κ1) is 18.1. The minimum absolute atomic E-state index is 0.0719. The highest BCUT2D eigenvalue weighted by molar-refractivity contribution is 6.15. The first-order valence-electron chi connectivity index (χ1n) is 8.49. The molecule has 26 heavy (non-hydrogen) atoms. The van der Waals surface area contributed by atoms with Crippen LogP contribution < -0.4 is 0 Å². The van der Waals surface area contributed by atoms with Gasteiger partial charge in [0.1, 0.15) is 0 Å². The smallest absolute Gasteiger partial charge is 0.179 e. The predicted molar refractivity (Wildman–Crippen MR) is 103 cm³/mol. The lowest BCUT2D eigenvalue weighted by atomic mass is 10.1. The van der Waals surface area contributed by atoms with Gasteiger partial charge in [0, 0.05) is 30.8 Å². The predicted octanol–water partition coefficient (Wildman–Crippen LogP) is 3.05. The summed E-state index contributed by atoms with van der Waals surface area (Å²) < 4.78 is 7.07. The average molecular weight is 353 g/mol. The summed E-state index contributed by atoms with van der Waals surface area (Å²) in [6, 6.07) is 11.6. The topological polar surface area (TPSA) is 66.5 Å². The van der Waals surface area contributed by atoms with Crippen LogP contribution in [0.25, 0.3) is 16.4 Å². The van der Waals surface area contributed by atoms with E-state index >= 15 is 0 Å². The van der Waals surface area contributed by atoms with Gasteiger partial charge in [-0.3, -0.25) is 9.69 Å². The zero-order valence-corrected chi connectivity index (χ0v) is 15.3. The quantitative estimate of drug-likeness (QED) is 0.307. The number of ketones is 1. The van der Waals surface area contributed by atoms with Crippen LogP contribution in [0.4, 0.5) is 0 Å². The van der Waals surface area contributed by atoms with E-state index in [9.17, 15) is 4.79 Å². The van der Waals surface area contributed by atoms with Crippen LogP contribution >= 0.6 is 0 Å². The lowest BCUT2D eigenvalue weighted by molar-refractivity contribution is 0.0926. The second kappa shape index (κ2) is 7.68. The first-order chi connectivity index (χ1) is 12.6. The molecule has 0 bridgehead atoms. The molecule has 2 aromatic heterocycles. The van der Waals surface area contributed by atoms with Gasteiger partial charge in [-0.15, -0.1) is 0 Å². The van der Waals surface area contributed by atoms with Crippen LogP contribution in [0.15, 0.2) is 47.8 Å². The van der Waals surface area contributed by atoms with Crippen molar-refractivity contribution < 1.29 is 14.7 Å². The summed E-state index contributed by atoms with van der Waals surface area (Å²) in [4.78, 5) is 15.0. The number of methoxy groups -OCH3 is 1. The number of aromatic nitrogens is 1. The van der Waals surface area contributed by atoms with Crippen molar-refractivity contribution in [2.24, 2.45) is 5.16 Å². The van der Waals surface area contributed by atoms with Crippen molar-refractivity contribution in [1.82, 2.24) is 9.30 Å². The number of benzene rings is 1. The third-order valence-corrected chi connectivity index (χ3v) is 4.57. The molecule has 0 amide bonds. The summed E-state index contributed by atoms with van der Waals surface area (Å²) in [5.41, 5.74) is 3.85. The number of rotatable bonds is 7. The van der Waals surface area contributed by atoms with Crippen molar-refractivity contribution in [2.75, 3.05) is 33.9 Å². The van der Waals surface area contributed by atoms with Gasteiger partial charge in [-0.2, -0.15) is 0 Å². The number of oxime groups is 1. The highest BCUT2D eigenvalue weighted by Gasteiger charge is 2.19. The molecular weight excluding hydrogens is 330 g/mol. The molecule has 0 saturated heterocycles. The number of likely N-dealkylation sites (N-methyl/N-ethyl adjacent to an activating group) is 1. The van der Waals surface area contributed by atoms with Crippen molar-refractivity contribution >= 4 is 27.9 Å². The van der Waals surface area contributed by atoms with Gasteiger partial charge in [0.05, 0.1) is 35.5 Å². The standard InChI is InChI=1S/C20H23N3O3/c1-14(21-25)15-8-9-18-20(19(24)13-22(2)10-11-26-3)16-6-4-5-7-17(16)23(18)12-15/h4-9,12,25H,10-11,13H2,1-3H3. The van der Waals surface area contributed by atoms with E-state index < -0.39 is 0 Å². The molecule has 0 fully saturated rings. The van der Waals surface area contributed by atoms with Crippen molar-refractivity contribution in [3.63, 3.8) is 0 Å². The Labute approximate surface area is 152 Å². The van der Waals surface area contributed by atoms with Gasteiger partial charge in [0.2, 0.25) is 0 Å². The van der Waals surface area contributed by atoms with E-state index in [4.69, 9.17) is 9.94 Å². The Morgan fingerprint density at radius 2 is 2.00 bits per heavy atom. The molecule has 0 atom stereocenters. The van der Waals surface area contributed by atoms with Gasteiger partial charge in [-0.25, -0.2) is 0 Å². The largest absolute Gasteiger partial charge is 0.411 e. The van der Waals surface area contributed by atoms with E-state index in [1.807, 2.05) is 58.9 Å². The molecule has 0 aliphatic heterocycles. The highest BCUT2D eigenvalue weighted by Crippen LogP contribution is 2.28. The Morgan fingerprint density at radius 3 is 2.73 bits per heavy atom. The molecule has 1 N–H and O–H groups in total. The van der Waals surface area contributed by atoms with E-state index in [1.54, 1.807) is 14.0 Å². The number of carbonyl (C=O) groups excluding carboxylic acids is 1. The number of carbonyl (C=O) groups is 1. The minimum atomic E-state index is 0.0719. The summed E-state index contributed by atoms with van der Waals surface area (Å²) in [6.07, 6.45) is 1.90. The second-order valence-corrected chi connectivity index (χ2v) is 6.40. The zero-order valence-electron chi connectivity index (χ0n) is 15.3. The molecule has 0 spiro atoms. The van der Waals surface area contributed by atoms with Crippen LogP contribution in [0.5, 0.6) is 0 Å². The fourth-order valence-electron chi connectivity index (χ4n) is 3.15. The fraction of sp³-hybridized carbons (Fsp3) is 0.300. The summed E-state index contributed by atoms with van der Waals surface area (Å²) in [6.45, 7) is 3.35. The summed E-state index contributed by atoms with van der Waals surface area (Å²) in [7, 11) is 3.57. The van der Waals surface area contributed by atoms with Gasteiger partial charge < -0.3 is 14.3 Å². The molecule has 0 radical (unpaired) electrons. The minimum Gasteiger partial charge on any atom is -0.411 e. The maximum Gasteiger partial charge on any atom is 0.179 e. The molecule has 6 heteroatoms. The molecule has 1 aromatic carbocycles. The van der Waals surface area contributed by atoms with Crippen LogP contribution in [-0.2, 0) is 4.74 Å². The first-order valence-corrected chi connectivity index (χ1v) is 8.49. The third-order valence-electron chi connectivity index (χ3n) is 4.57. The number of Topliss-reactive ketones (excluding diaryl/α,β-unsaturated/α-hetero) is 1. The number of fused-ring (bicyclic) bond motifs is 3. The van der Waals surface area contributed by atoms with Crippen LogP contribution in [0.2, 0.25) is 0 Å². The molecule has 0 saturated carbocycles. The number of para-hydroxylation sites is 1. The van der Waals surface area contributed by atoms with Gasteiger partial charge in [-0.05, 0) is 32.2 Å². The Kier molecular flexibility index (Phi) is 5.35. The van der Waals surface area contributed by atoms with E-state index in [0.717, 1.165) is 27.5 Å². The van der Waals surface area contributed by atoms with Crippen LogP contribution in [0.1, 0.15) is 22.8 Å². The number of pyridine rings is 1. The molecule has 2 heterocycles. The van der Waals surface area contributed by atoms with Gasteiger partial charge in [0.25, 0.3) is 0 Å². The molecule has 6 nitrogen and oxygen atoms in total. The Hall–Kier alpha value is -2.70. The van der Waals surface area contributed by atoms with Crippen LogP contribution in [0, 0.1) is 0 Å². The lowest BCUT2D eigenvalue weighted by Gasteiger charge is -2.14. The van der Waals surface area contributed by atoms with Crippen molar-refractivity contribution in [3.8, 4) is 0 Å². The zero-order chi connectivity index (χ0) is 18.7. The maximum atomic E-state index is 13.0. The molecule has 0 aliphatic carbocycles. The average Bonchev–Trinajstić information content (AvgIpc) is 2.99. The number of hydrogen-bond donors (Lipinski definition) is 1. The SMILES string of the molecule is COCCN(C)CC(=O)c1c2ccccc2n2cc(C(C)=NO)ccc12. The molecule has 0 unspecified atom stereocenters. The highest BCUT2D eigenvalue weighted by atomic mass is 16.5. The van der Waals surface area contributed by atoms with Crippen molar-refractivity contribution in [3.05, 3.63) is 53.7 Å². The van der Waals surface area contributed by atoms with E-state index in [0.29, 0.717) is 25.4 Å². The van der Waals surface area contributed by atoms with Crippen molar-refractivity contribution in [2.45, 2.75) is 6.92 Å². The van der Waals surface area contributed by atoms with Crippen molar-refractivity contribution in [1.29, 1.82) is 0 Å². The monoisotopic (exact) mass is 353 g/mol. The Morgan fingerprint density at radius 1 is 1.23 bits per heavy atom. The molecule has 3 rings (SSSR count). The number of hydrogen-bond acceptors (Lipinski definition) is 5. The Balaban J connectivity index is 2.10. The third kappa shape index (κ3) is 3.34. The van der Waals surface area contributed by atoms with Crippen LogP contribution in [0.3, 0.4) is 0 Å². The normalized spacial score (nSPS) is 12.4. The molecule has 136 valence electrons. The Bertz CT molecular complexity index is 975.